The molecule has 3 nitrogen and oxygen atoms in total. The molecule has 0 aliphatic heterocycles. The minimum absolute atomic E-state index is 0.120. The third kappa shape index (κ3) is 2.30. The van der Waals surface area contributed by atoms with E-state index in [1.54, 1.807) is 24.3 Å². The van der Waals surface area contributed by atoms with Gasteiger partial charge in [0.25, 0.3) is 0 Å². The topological polar surface area (TPSA) is 54.4 Å². The monoisotopic (exact) mass is 240 g/mol. The zero-order valence-corrected chi connectivity index (χ0v) is 9.88. The molecule has 0 saturated carbocycles. The van der Waals surface area contributed by atoms with Crippen molar-refractivity contribution in [3.63, 3.8) is 0 Å². The van der Waals surface area contributed by atoms with Crippen LogP contribution in [0.4, 0.5) is 0 Å². The maximum atomic E-state index is 12.2. The van der Waals surface area contributed by atoms with Crippen molar-refractivity contribution in [2.45, 2.75) is 6.92 Å². The molecule has 2 aromatic carbocycles. The Balaban J connectivity index is 2.44. The van der Waals surface area contributed by atoms with E-state index in [4.69, 9.17) is 5.11 Å². The zero-order chi connectivity index (χ0) is 13.1. The van der Waals surface area contributed by atoms with Crippen molar-refractivity contribution < 1.29 is 14.7 Å². The molecule has 0 saturated heterocycles. The Kier molecular flexibility index (Phi) is 3.24. The van der Waals surface area contributed by atoms with E-state index in [2.05, 4.69) is 0 Å². The Hall–Kier alpha value is -2.42. The molecule has 0 radical (unpaired) electrons. The van der Waals surface area contributed by atoms with Crippen LogP contribution in [0.2, 0.25) is 0 Å². The molecule has 0 amide bonds. The number of hydrogen-bond donors (Lipinski definition) is 1. The number of aryl methyl sites for hydroxylation is 1. The van der Waals surface area contributed by atoms with Gasteiger partial charge < -0.3 is 5.11 Å². The summed E-state index contributed by atoms with van der Waals surface area (Å²) in [6, 6.07) is 13.3. The summed E-state index contributed by atoms with van der Waals surface area (Å²) in [5.41, 5.74) is 1.99. The van der Waals surface area contributed by atoms with E-state index < -0.39 is 5.97 Å². The van der Waals surface area contributed by atoms with Crippen LogP contribution in [0.3, 0.4) is 0 Å². The Morgan fingerprint density at radius 1 is 0.944 bits per heavy atom. The van der Waals surface area contributed by atoms with E-state index in [9.17, 15) is 9.59 Å². The van der Waals surface area contributed by atoms with Gasteiger partial charge in [-0.2, -0.15) is 0 Å². The Morgan fingerprint density at radius 2 is 1.61 bits per heavy atom. The van der Waals surface area contributed by atoms with E-state index >= 15 is 0 Å². The number of benzene rings is 2. The van der Waals surface area contributed by atoms with Gasteiger partial charge in [-0.05, 0) is 24.6 Å². The molecule has 2 rings (SSSR count). The van der Waals surface area contributed by atoms with E-state index in [0.29, 0.717) is 11.1 Å². The zero-order valence-electron chi connectivity index (χ0n) is 9.88. The van der Waals surface area contributed by atoms with Crippen molar-refractivity contribution in [3.05, 3.63) is 70.8 Å². The number of carboxylic acids is 1. The van der Waals surface area contributed by atoms with E-state index in [0.717, 1.165) is 5.56 Å². The molecular formula is C15H12O3. The van der Waals surface area contributed by atoms with E-state index in [1.165, 1.54) is 12.1 Å². The lowest BCUT2D eigenvalue weighted by molar-refractivity contribution is 0.0697. The minimum Gasteiger partial charge on any atom is -0.478 e. The number of ketones is 1. The van der Waals surface area contributed by atoms with Gasteiger partial charge in [-0.25, -0.2) is 4.79 Å². The van der Waals surface area contributed by atoms with Crippen LogP contribution in [-0.4, -0.2) is 16.9 Å². The fourth-order valence-electron chi connectivity index (χ4n) is 1.78. The molecule has 90 valence electrons. The first-order valence-corrected chi connectivity index (χ1v) is 5.53. The molecule has 0 atom stereocenters. The molecule has 2 aromatic rings. The van der Waals surface area contributed by atoms with Crippen LogP contribution in [0.1, 0.15) is 31.8 Å². The molecule has 0 heterocycles. The maximum absolute atomic E-state index is 12.2. The molecule has 1 N–H and O–H groups in total. The van der Waals surface area contributed by atoms with Crippen LogP contribution in [0.15, 0.2) is 48.5 Å². The van der Waals surface area contributed by atoms with Crippen molar-refractivity contribution in [1.29, 1.82) is 0 Å². The third-order valence-corrected chi connectivity index (χ3v) is 2.76. The summed E-state index contributed by atoms with van der Waals surface area (Å²) in [5.74, 6) is -1.19. The number of carboxylic acid groups (broad SMARTS) is 1. The summed E-state index contributed by atoms with van der Waals surface area (Å²) >= 11 is 0. The largest absolute Gasteiger partial charge is 0.478 e. The highest BCUT2D eigenvalue weighted by Crippen LogP contribution is 2.15. The Morgan fingerprint density at radius 3 is 2.28 bits per heavy atom. The fraction of sp³-hybridized carbons (Fsp3) is 0.0667. The summed E-state index contributed by atoms with van der Waals surface area (Å²) in [7, 11) is 0. The molecule has 0 bridgehead atoms. The quantitative estimate of drug-likeness (QED) is 0.839. The van der Waals surface area contributed by atoms with Gasteiger partial charge in [0.1, 0.15) is 0 Å². The smallest absolute Gasteiger partial charge is 0.335 e. The summed E-state index contributed by atoms with van der Waals surface area (Å²) < 4.78 is 0. The van der Waals surface area contributed by atoms with Crippen LogP contribution < -0.4 is 0 Å². The highest BCUT2D eigenvalue weighted by molar-refractivity contribution is 6.10. The van der Waals surface area contributed by atoms with Crippen molar-refractivity contribution in [3.8, 4) is 0 Å². The molecule has 0 aliphatic rings. The van der Waals surface area contributed by atoms with Gasteiger partial charge in [-0.15, -0.1) is 0 Å². The first-order chi connectivity index (χ1) is 8.59. The van der Waals surface area contributed by atoms with E-state index in [1.807, 2.05) is 19.1 Å². The highest BCUT2D eigenvalue weighted by atomic mass is 16.4. The summed E-state index contributed by atoms with van der Waals surface area (Å²) in [6.45, 7) is 1.86. The van der Waals surface area contributed by atoms with Gasteiger partial charge in [-0.1, -0.05) is 36.4 Å². The third-order valence-electron chi connectivity index (χ3n) is 2.76. The van der Waals surface area contributed by atoms with Gasteiger partial charge in [-0.3, -0.25) is 4.79 Å². The molecule has 0 spiro atoms. The first-order valence-electron chi connectivity index (χ1n) is 5.53. The highest BCUT2D eigenvalue weighted by Gasteiger charge is 2.13. The number of rotatable bonds is 3. The number of aromatic carboxylic acids is 1. The van der Waals surface area contributed by atoms with Crippen LogP contribution in [0, 0.1) is 6.92 Å². The molecule has 18 heavy (non-hydrogen) atoms. The van der Waals surface area contributed by atoms with E-state index in [-0.39, 0.29) is 11.3 Å². The first kappa shape index (κ1) is 12.0. The summed E-state index contributed by atoms with van der Waals surface area (Å²) in [4.78, 5) is 23.1. The normalized spacial score (nSPS) is 10.1. The predicted molar refractivity (Wildman–Crippen MR) is 68.0 cm³/mol. The van der Waals surface area contributed by atoms with Crippen molar-refractivity contribution in [2.75, 3.05) is 0 Å². The lowest BCUT2D eigenvalue weighted by Gasteiger charge is -2.05. The molecular weight excluding hydrogens is 228 g/mol. The van der Waals surface area contributed by atoms with Gasteiger partial charge >= 0.3 is 5.97 Å². The fourth-order valence-corrected chi connectivity index (χ4v) is 1.78. The molecule has 0 fully saturated rings. The summed E-state index contributed by atoms with van der Waals surface area (Å²) in [6.07, 6.45) is 0. The van der Waals surface area contributed by atoms with Gasteiger partial charge in [0, 0.05) is 11.1 Å². The van der Waals surface area contributed by atoms with Crippen LogP contribution in [0.5, 0.6) is 0 Å². The van der Waals surface area contributed by atoms with Crippen molar-refractivity contribution in [1.82, 2.24) is 0 Å². The second-order valence-corrected chi connectivity index (χ2v) is 4.03. The van der Waals surface area contributed by atoms with Crippen molar-refractivity contribution in [2.24, 2.45) is 0 Å². The van der Waals surface area contributed by atoms with Gasteiger partial charge in [0.05, 0.1) is 5.56 Å². The minimum atomic E-state index is -1.03. The number of hydrogen-bond acceptors (Lipinski definition) is 2. The lowest BCUT2D eigenvalue weighted by atomic mass is 9.98. The number of carbonyl (C=O) groups excluding carboxylic acids is 1. The molecule has 0 aromatic heterocycles. The summed E-state index contributed by atoms with van der Waals surface area (Å²) in [5, 5.41) is 8.90. The molecule has 0 aliphatic carbocycles. The predicted octanol–water partition coefficient (Wildman–Crippen LogP) is 2.92. The van der Waals surface area contributed by atoms with Crippen LogP contribution in [0.25, 0.3) is 0 Å². The number of carbonyl (C=O) groups is 2. The lowest BCUT2D eigenvalue weighted by Crippen LogP contribution is -2.05. The second kappa shape index (κ2) is 4.84. The SMILES string of the molecule is Cc1ccccc1C(=O)c1cccc(C(=O)O)c1. The Labute approximate surface area is 105 Å². The average molecular weight is 240 g/mol. The van der Waals surface area contributed by atoms with Crippen LogP contribution in [-0.2, 0) is 0 Å². The Bertz CT molecular complexity index is 615. The standard InChI is InChI=1S/C15H12O3/c1-10-5-2-3-8-13(10)14(16)11-6-4-7-12(9-11)15(17)18/h2-9H,1H3,(H,17,18). The van der Waals surface area contributed by atoms with Gasteiger partial charge in [0.15, 0.2) is 5.78 Å². The van der Waals surface area contributed by atoms with Crippen LogP contribution >= 0.6 is 0 Å². The maximum Gasteiger partial charge on any atom is 0.335 e. The molecule has 3 heteroatoms. The van der Waals surface area contributed by atoms with Gasteiger partial charge in [0.2, 0.25) is 0 Å². The average Bonchev–Trinajstić information content (AvgIpc) is 2.38. The van der Waals surface area contributed by atoms with Crippen molar-refractivity contribution >= 4 is 11.8 Å². The second-order valence-electron chi connectivity index (χ2n) is 4.03. The molecule has 0 unspecified atom stereocenters.